The summed E-state index contributed by atoms with van der Waals surface area (Å²) in [7, 11) is 0. The zero-order valence-corrected chi connectivity index (χ0v) is 12.9. The topological polar surface area (TPSA) is 9.23 Å². The van der Waals surface area contributed by atoms with Gasteiger partial charge in [-0.25, -0.2) is 4.39 Å². The van der Waals surface area contributed by atoms with Crippen molar-refractivity contribution < 1.29 is 9.13 Å². The maximum Gasteiger partial charge on any atom is 0.126 e. The van der Waals surface area contributed by atoms with Crippen LogP contribution < -0.4 is 4.74 Å². The summed E-state index contributed by atoms with van der Waals surface area (Å²) in [4.78, 5) is 0.00447. The third kappa shape index (κ3) is 2.59. The molecule has 2 aromatic carbocycles. The smallest absolute Gasteiger partial charge is 0.126 e. The number of hydrogen-bond donors (Lipinski definition) is 0. The Morgan fingerprint density at radius 3 is 2.70 bits per heavy atom. The summed E-state index contributed by atoms with van der Waals surface area (Å²) in [5.74, 6) is 0.822. The van der Waals surface area contributed by atoms with E-state index in [0.717, 1.165) is 36.3 Å². The van der Waals surface area contributed by atoms with Gasteiger partial charge in [0.1, 0.15) is 11.6 Å². The molecule has 0 N–H and O–H groups in total. The zero-order valence-electron chi connectivity index (χ0n) is 11.3. The van der Waals surface area contributed by atoms with Crippen molar-refractivity contribution in [2.24, 2.45) is 0 Å². The molecular weight excluding hydrogens is 319 g/mol. The van der Waals surface area contributed by atoms with Crippen LogP contribution in [-0.2, 0) is 6.42 Å². The van der Waals surface area contributed by atoms with Gasteiger partial charge in [0.25, 0.3) is 0 Å². The first kappa shape index (κ1) is 13.6. The molecule has 0 radical (unpaired) electrons. The summed E-state index contributed by atoms with van der Waals surface area (Å²) in [6.45, 7) is 2.58. The molecule has 0 saturated carbocycles. The van der Waals surface area contributed by atoms with Gasteiger partial charge in [0, 0.05) is 0 Å². The van der Waals surface area contributed by atoms with Gasteiger partial charge < -0.3 is 4.74 Å². The van der Waals surface area contributed by atoms with Crippen molar-refractivity contribution in [2.75, 3.05) is 6.61 Å². The lowest BCUT2D eigenvalue weighted by Gasteiger charge is -2.19. The monoisotopic (exact) mass is 334 g/mol. The Hall–Kier alpha value is -1.35. The van der Waals surface area contributed by atoms with E-state index in [0.29, 0.717) is 5.56 Å². The van der Waals surface area contributed by atoms with Gasteiger partial charge in [-0.1, -0.05) is 40.2 Å². The van der Waals surface area contributed by atoms with Crippen LogP contribution in [0.15, 0.2) is 36.4 Å². The molecule has 1 aliphatic rings. The molecule has 2 aromatic rings. The van der Waals surface area contributed by atoms with E-state index in [2.05, 4.69) is 22.0 Å². The van der Waals surface area contributed by atoms with Crippen LogP contribution in [0.3, 0.4) is 0 Å². The minimum absolute atomic E-state index is 0.00447. The standard InChI is InChI=1S/C17H16BrFO/c1-11-4-5-14(10-15(11)19)17(18)13-6-7-16-12(9-13)3-2-8-20-16/h4-7,9-10,17H,2-3,8H2,1H3. The number of hydrogen-bond acceptors (Lipinski definition) is 1. The Kier molecular flexibility index (Phi) is 3.79. The number of rotatable bonds is 2. The fourth-order valence-corrected chi connectivity index (χ4v) is 3.07. The highest BCUT2D eigenvalue weighted by Crippen LogP contribution is 2.35. The van der Waals surface area contributed by atoms with Crippen LogP contribution in [-0.4, -0.2) is 6.61 Å². The van der Waals surface area contributed by atoms with E-state index in [-0.39, 0.29) is 10.6 Å². The van der Waals surface area contributed by atoms with E-state index in [9.17, 15) is 4.39 Å². The predicted octanol–water partition coefficient (Wildman–Crippen LogP) is 4.94. The SMILES string of the molecule is Cc1ccc(C(Br)c2ccc3c(c2)CCCO3)cc1F. The van der Waals surface area contributed by atoms with Gasteiger partial charge in [-0.3, -0.25) is 0 Å². The minimum atomic E-state index is -0.159. The molecule has 1 heterocycles. The number of fused-ring (bicyclic) bond motifs is 1. The lowest BCUT2D eigenvalue weighted by Crippen LogP contribution is -2.08. The molecule has 3 rings (SSSR count). The molecule has 1 aliphatic heterocycles. The van der Waals surface area contributed by atoms with Gasteiger partial charge in [0.05, 0.1) is 11.4 Å². The maximum absolute atomic E-state index is 13.7. The molecule has 0 fully saturated rings. The molecule has 104 valence electrons. The molecule has 0 bridgehead atoms. The Morgan fingerprint density at radius 2 is 1.90 bits per heavy atom. The van der Waals surface area contributed by atoms with E-state index >= 15 is 0 Å². The second-order valence-corrected chi connectivity index (χ2v) is 6.11. The number of ether oxygens (including phenoxy) is 1. The van der Waals surface area contributed by atoms with E-state index in [1.807, 2.05) is 24.3 Å². The third-order valence-electron chi connectivity index (χ3n) is 3.71. The first-order valence-corrected chi connectivity index (χ1v) is 7.72. The lowest BCUT2D eigenvalue weighted by atomic mass is 9.98. The van der Waals surface area contributed by atoms with E-state index in [1.165, 1.54) is 5.56 Å². The summed E-state index contributed by atoms with van der Waals surface area (Å²) in [5, 5.41) is 0. The molecule has 0 saturated heterocycles. The van der Waals surface area contributed by atoms with Gasteiger partial charge in [0.2, 0.25) is 0 Å². The van der Waals surface area contributed by atoms with Crippen molar-refractivity contribution in [3.8, 4) is 5.75 Å². The minimum Gasteiger partial charge on any atom is -0.493 e. The largest absolute Gasteiger partial charge is 0.493 e. The Labute approximate surface area is 126 Å². The fraction of sp³-hybridized carbons (Fsp3) is 0.294. The third-order valence-corrected chi connectivity index (χ3v) is 4.77. The van der Waals surface area contributed by atoms with Crippen LogP contribution in [0.1, 0.15) is 33.5 Å². The maximum atomic E-state index is 13.7. The fourth-order valence-electron chi connectivity index (χ4n) is 2.50. The van der Waals surface area contributed by atoms with Crippen LogP contribution >= 0.6 is 15.9 Å². The molecule has 3 heteroatoms. The second kappa shape index (κ2) is 5.57. The molecule has 0 spiro atoms. The Morgan fingerprint density at radius 1 is 1.15 bits per heavy atom. The van der Waals surface area contributed by atoms with Crippen molar-refractivity contribution in [1.82, 2.24) is 0 Å². The molecule has 1 atom stereocenters. The quantitative estimate of drug-likeness (QED) is 0.706. The highest BCUT2D eigenvalue weighted by Gasteiger charge is 2.16. The van der Waals surface area contributed by atoms with Crippen LogP contribution in [0.5, 0.6) is 5.75 Å². The number of alkyl halides is 1. The molecule has 0 amide bonds. The van der Waals surface area contributed by atoms with Crippen LogP contribution in [0.25, 0.3) is 0 Å². The molecule has 1 nitrogen and oxygen atoms in total. The average Bonchev–Trinajstić information content (AvgIpc) is 2.49. The number of aryl methyl sites for hydroxylation is 2. The molecular formula is C17H16BrFO. The van der Waals surface area contributed by atoms with Gasteiger partial charge in [-0.15, -0.1) is 0 Å². The highest BCUT2D eigenvalue weighted by atomic mass is 79.9. The van der Waals surface area contributed by atoms with Crippen LogP contribution in [0.4, 0.5) is 4.39 Å². The molecule has 0 aromatic heterocycles. The summed E-state index contributed by atoms with van der Waals surface area (Å²) in [6.07, 6.45) is 2.10. The van der Waals surface area contributed by atoms with E-state index < -0.39 is 0 Å². The van der Waals surface area contributed by atoms with Crippen molar-refractivity contribution in [3.63, 3.8) is 0 Å². The van der Waals surface area contributed by atoms with Gasteiger partial charge in [0.15, 0.2) is 0 Å². The van der Waals surface area contributed by atoms with Gasteiger partial charge in [-0.2, -0.15) is 0 Å². The highest BCUT2D eigenvalue weighted by molar-refractivity contribution is 9.09. The first-order valence-electron chi connectivity index (χ1n) is 6.81. The van der Waals surface area contributed by atoms with Gasteiger partial charge >= 0.3 is 0 Å². The zero-order chi connectivity index (χ0) is 14.1. The van der Waals surface area contributed by atoms with Gasteiger partial charge in [-0.05, 0) is 54.2 Å². The summed E-state index contributed by atoms with van der Waals surface area (Å²) in [6, 6.07) is 11.6. The normalized spacial score (nSPS) is 15.3. The van der Waals surface area contributed by atoms with Crippen LogP contribution in [0.2, 0.25) is 0 Å². The second-order valence-electron chi connectivity index (χ2n) is 5.19. The first-order chi connectivity index (χ1) is 9.65. The molecule has 20 heavy (non-hydrogen) atoms. The van der Waals surface area contributed by atoms with Crippen molar-refractivity contribution >= 4 is 15.9 Å². The Balaban J connectivity index is 1.93. The lowest BCUT2D eigenvalue weighted by molar-refractivity contribution is 0.288. The predicted molar refractivity (Wildman–Crippen MR) is 82.2 cm³/mol. The number of halogens is 2. The van der Waals surface area contributed by atoms with Crippen molar-refractivity contribution in [1.29, 1.82) is 0 Å². The Bertz CT molecular complexity index is 639. The average molecular weight is 335 g/mol. The molecule has 0 aliphatic carbocycles. The van der Waals surface area contributed by atoms with E-state index in [4.69, 9.17) is 4.74 Å². The van der Waals surface area contributed by atoms with E-state index in [1.54, 1.807) is 13.0 Å². The van der Waals surface area contributed by atoms with Crippen LogP contribution in [0, 0.1) is 12.7 Å². The molecule has 1 unspecified atom stereocenters. The van der Waals surface area contributed by atoms with Crippen molar-refractivity contribution in [3.05, 3.63) is 64.5 Å². The summed E-state index contributed by atoms with van der Waals surface area (Å²) in [5.41, 5.74) is 3.99. The summed E-state index contributed by atoms with van der Waals surface area (Å²) >= 11 is 3.67. The number of benzene rings is 2. The summed E-state index contributed by atoms with van der Waals surface area (Å²) < 4.78 is 19.3. The van der Waals surface area contributed by atoms with Crippen molar-refractivity contribution in [2.45, 2.75) is 24.6 Å².